The van der Waals surface area contributed by atoms with Crippen LogP contribution in [0.15, 0.2) is 72.8 Å². The number of carbonyl (C=O) groups excluding carboxylic acids is 3. The van der Waals surface area contributed by atoms with Crippen LogP contribution >= 0.6 is 0 Å². The molecule has 2 atom stereocenters. The number of nitrogens with one attached hydrogen (secondary N) is 2. The molecular formula is C34H35N5O4. The zero-order chi connectivity index (χ0) is 29.5. The van der Waals surface area contributed by atoms with Gasteiger partial charge in [0, 0.05) is 42.7 Å². The Morgan fingerprint density at radius 1 is 0.977 bits per heavy atom. The van der Waals surface area contributed by atoms with Gasteiger partial charge in [0.25, 0.3) is 11.8 Å². The second kappa shape index (κ2) is 11.3. The zero-order valence-corrected chi connectivity index (χ0v) is 24.2. The normalized spacial score (nSPS) is 20.4. The van der Waals surface area contributed by atoms with E-state index in [-0.39, 0.29) is 11.8 Å². The zero-order valence-electron chi connectivity index (χ0n) is 24.2. The number of aromatic nitrogens is 1. The number of ether oxygens (including phenoxy) is 1. The molecule has 0 aliphatic carbocycles. The molecule has 4 amide bonds. The number of morpholine rings is 1. The Kier molecular flexibility index (Phi) is 7.20. The maximum Gasteiger partial charge on any atom is 0.332 e. The first kappa shape index (κ1) is 27.4. The molecule has 2 saturated heterocycles. The van der Waals surface area contributed by atoms with Gasteiger partial charge in [0.05, 0.1) is 24.5 Å². The van der Waals surface area contributed by atoms with Crippen LogP contribution in [0.2, 0.25) is 0 Å². The first-order valence-corrected chi connectivity index (χ1v) is 15.0. The van der Waals surface area contributed by atoms with E-state index in [1.54, 1.807) is 29.2 Å². The number of hydrogen-bond donors (Lipinski definition) is 2. The van der Waals surface area contributed by atoms with E-state index >= 15 is 0 Å². The van der Waals surface area contributed by atoms with Gasteiger partial charge in [0.1, 0.15) is 12.1 Å². The molecule has 2 fully saturated rings. The van der Waals surface area contributed by atoms with E-state index < -0.39 is 18.1 Å². The Morgan fingerprint density at radius 2 is 1.72 bits per heavy atom. The van der Waals surface area contributed by atoms with Gasteiger partial charge in [-0.1, -0.05) is 60.2 Å². The standard InChI is InChI=1S/C34H35N5O4/c1-22-11-13-23(14-12-22)31-30-26(24-7-2-4-9-27(24)36-30)21-29-33(41)39(34(42)38(29)31)28-10-5-3-8-25(28)32(40)35-15-6-16-37-17-19-43-20-18-37/h2-5,7-14,29,31,36H,6,15-21H2,1H3,(H,35,40)/t29-,31-/m0/s1. The van der Waals surface area contributed by atoms with E-state index in [1.165, 1.54) is 4.90 Å². The van der Waals surface area contributed by atoms with E-state index in [1.807, 2.05) is 49.4 Å². The Balaban J connectivity index is 1.19. The fourth-order valence-corrected chi connectivity index (χ4v) is 6.68. The summed E-state index contributed by atoms with van der Waals surface area (Å²) in [7, 11) is 0. The minimum absolute atomic E-state index is 0.297. The van der Waals surface area contributed by atoms with Gasteiger partial charge in [0.15, 0.2) is 0 Å². The van der Waals surface area contributed by atoms with Gasteiger partial charge < -0.3 is 15.0 Å². The van der Waals surface area contributed by atoms with Crippen molar-refractivity contribution in [1.29, 1.82) is 0 Å². The van der Waals surface area contributed by atoms with Crippen LogP contribution in [-0.2, 0) is 16.0 Å². The van der Waals surface area contributed by atoms with Crippen molar-refractivity contribution in [3.63, 3.8) is 0 Å². The number of para-hydroxylation sites is 2. The Morgan fingerprint density at radius 3 is 2.53 bits per heavy atom. The highest BCUT2D eigenvalue weighted by atomic mass is 16.5. The summed E-state index contributed by atoms with van der Waals surface area (Å²) in [6.07, 6.45) is 1.20. The lowest BCUT2D eigenvalue weighted by Gasteiger charge is -2.36. The maximum absolute atomic E-state index is 14.3. The van der Waals surface area contributed by atoms with E-state index in [9.17, 15) is 14.4 Å². The third-order valence-corrected chi connectivity index (χ3v) is 8.87. The van der Waals surface area contributed by atoms with Gasteiger partial charge in [-0.15, -0.1) is 0 Å². The number of imide groups is 1. The van der Waals surface area contributed by atoms with E-state index in [0.717, 1.165) is 72.6 Å². The fraction of sp³-hybridized carbons (Fsp3) is 0.324. The minimum atomic E-state index is -0.685. The van der Waals surface area contributed by atoms with Gasteiger partial charge in [0.2, 0.25) is 0 Å². The van der Waals surface area contributed by atoms with Crippen LogP contribution in [0, 0.1) is 6.92 Å². The topological polar surface area (TPSA) is 98.0 Å². The molecular weight excluding hydrogens is 542 g/mol. The molecule has 4 heterocycles. The number of H-pyrrole nitrogens is 1. The number of urea groups is 1. The van der Waals surface area contributed by atoms with Crippen molar-refractivity contribution < 1.29 is 19.1 Å². The lowest BCUT2D eigenvalue weighted by Crippen LogP contribution is -2.44. The second-order valence-corrected chi connectivity index (χ2v) is 11.5. The van der Waals surface area contributed by atoms with E-state index in [2.05, 4.69) is 21.3 Å². The summed E-state index contributed by atoms with van der Waals surface area (Å²) < 4.78 is 5.41. The van der Waals surface area contributed by atoms with Crippen LogP contribution in [0.3, 0.4) is 0 Å². The summed E-state index contributed by atoms with van der Waals surface area (Å²) in [5.74, 6) is -0.611. The molecule has 9 nitrogen and oxygen atoms in total. The minimum Gasteiger partial charge on any atom is -0.379 e. The van der Waals surface area contributed by atoms with Crippen molar-refractivity contribution in [2.75, 3.05) is 44.3 Å². The van der Waals surface area contributed by atoms with Crippen LogP contribution in [-0.4, -0.2) is 78.1 Å². The number of rotatable bonds is 7. The molecule has 3 aliphatic rings. The predicted octanol–water partition coefficient (Wildman–Crippen LogP) is 4.41. The van der Waals surface area contributed by atoms with E-state index in [4.69, 9.17) is 4.74 Å². The highest BCUT2D eigenvalue weighted by Crippen LogP contribution is 2.45. The highest BCUT2D eigenvalue weighted by Gasteiger charge is 2.53. The van der Waals surface area contributed by atoms with Crippen molar-refractivity contribution in [2.24, 2.45) is 0 Å². The molecule has 0 saturated carbocycles. The number of hydrogen-bond acceptors (Lipinski definition) is 5. The lowest BCUT2D eigenvalue weighted by molar-refractivity contribution is -0.120. The largest absolute Gasteiger partial charge is 0.379 e. The molecule has 220 valence electrons. The fourth-order valence-electron chi connectivity index (χ4n) is 6.68. The van der Waals surface area contributed by atoms with Gasteiger partial charge in [-0.3, -0.25) is 19.4 Å². The summed E-state index contributed by atoms with van der Waals surface area (Å²) in [6, 6.07) is 21.5. The molecule has 0 bridgehead atoms. The number of aromatic amines is 1. The Bertz CT molecular complexity index is 1690. The monoisotopic (exact) mass is 577 g/mol. The summed E-state index contributed by atoms with van der Waals surface area (Å²) >= 11 is 0. The number of fused-ring (bicyclic) bond motifs is 4. The van der Waals surface area contributed by atoms with E-state index in [0.29, 0.717) is 24.2 Å². The van der Waals surface area contributed by atoms with Crippen LogP contribution in [0.4, 0.5) is 10.5 Å². The third-order valence-electron chi connectivity index (χ3n) is 8.87. The SMILES string of the molecule is Cc1ccc([C@H]2c3[nH]c4ccccc4c3C[C@H]3C(=O)N(c4ccccc4C(=O)NCCCN4CCOCC4)C(=O)N23)cc1. The average molecular weight is 578 g/mol. The number of anilines is 1. The van der Waals surface area contributed by atoms with Crippen molar-refractivity contribution in [2.45, 2.75) is 31.8 Å². The van der Waals surface area contributed by atoms with Crippen molar-refractivity contribution in [1.82, 2.24) is 20.1 Å². The van der Waals surface area contributed by atoms with Crippen molar-refractivity contribution >= 4 is 34.4 Å². The number of nitrogens with zero attached hydrogens (tertiary/aromatic N) is 3. The third kappa shape index (κ3) is 4.88. The molecule has 3 aromatic carbocycles. The molecule has 43 heavy (non-hydrogen) atoms. The van der Waals surface area contributed by atoms with Crippen LogP contribution < -0.4 is 10.2 Å². The number of carbonyl (C=O) groups is 3. The molecule has 1 aromatic heterocycles. The summed E-state index contributed by atoms with van der Waals surface area (Å²) in [4.78, 5) is 50.7. The molecule has 2 N–H and O–H groups in total. The predicted molar refractivity (Wildman–Crippen MR) is 164 cm³/mol. The van der Waals surface area contributed by atoms with Crippen LogP contribution in [0.1, 0.15) is 45.2 Å². The number of aryl methyl sites for hydroxylation is 1. The second-order valence-electron chi connectivity index (χ2n) is 11.5. The van der Waals surface area contributed by atoms with Gasteiger partial charge in [-0.25, -0.2) is 9.69 Å². The lowest BCUT2D eigenvalue weighted by atomic mass is 9.88. The molecule has 4 aromatic rings. The smallest absolute Gasteiger partial charge is 0.332 e. The van der Waals surface area contributed by atoms with Crippen molar-refractivity contribution in [3.8, 4) is 0 Å². The highest BCUT2D eigenvalue weighted by molar-refractivity contribution is 6.24. The van der Waals surface area contributed by atoms with Gasteiger partial charge in [-0.05, 0) is 49.2 Å². The molecule has 7 rings (SSSR count). The summed E-state index contributed by atoms with van der Waals surface area (Å²) in [6.45, 7) is 6.67. The van der Waals surface area contributed by atoms with Crippen LogP contribution in [0.25, 0.3) is 10.9 Å². The first-order chi connectivity index (χ1) is 21.0. The molecule has 0 spiro atoms. The first-order valence-electron chi connectivity index (χ1n) is 15.0. The maximum atomic E-state index is 14.3. The summed E-state index contributed by atoms with van der Waals surface area (Å²) in [5, 5.41) is 4.06. The van der Waals surface area contributed by atoms with Crippen molar-refractivity contribution in [3.05, 3.63) is 101 Å². The molecule has 9 heteroatoms. The molecule has 3 aliphatic heterocycles. The Labute approximate surface area is 250 Å². The van der Waals surface area contributed by atoms with Crippen LogP contribution in [0.5, 0.6) is 0 Å². The molecule has 0 radical (unpaired) electrons. The van der Waals surface area contributed by atoms with Gasteiger partial charge in [-0.2, -0.15) is 0 Å². The summed E-state index contributed by atoms with van der Waals surface area (Å²) in [5.41, 5.74) is 5.63. The average Bonchev–Trinajstić information content (AvgIpc) is 3.53. The number of benzene rings is 3. The molecule has 0 unspecified atom stereocenters. The number of amides is 4. The van der Waals surface area contributed by atoms with Gasteiger partial charge >= 0.3 is 6.03 Å². The quantitative estimate of drug-likeness (QED) is 0.251. The Hall–Kier alpha value is -4.47.